The highest BCUT2D eigenvalue weighted by atomic mass is 19.4. The molecule has 0 aliphatic carbocycles. The van der Waals surface area contributed by atoms with E-state index in [1.54, 1.807) is 0 Å². The van der Waals surface area contributed by atoms with Gasteiger partial charge in [0.05, 0.1) is 0 Å². The summed E-state index contributed by atoms with van der Waals surface area (Å²) in [4.78, 5) is 23.9. The molecule has 0 aromatic heterocycles. The summed E-state index contributed by atoms with van der Waals surface area (Å²) < 4.78 is 44.8. The summed E-state index contributed by atoms with van der Waals surface area (Å²) >= 11 is 0. The van der Waals surface area contributed by atoms with E-state index in [1.807, 2.05) is 35.2 Å². The van der Waals surface area contributed by atoms with Crippen molar-refractivity contribution in [2.75, 3.05) is 13.1 Å². The number of hydrogen-bond donors (Lipinski definition) is 2. The molecule has 202 valence electrons. The Kier molecular flexibility index (Phi) is 10.0. The van der Waals surface area contributed by atoms with E-state index in [4.69, 9.17) is 15.6 Å². The molecular weight excluding hydrogens is 500 g/mol. The van der Waals surface area contributed by atoms with Gasteiger partial charge in [0.25, 0.3) is 5.91 Å². The smallest absolute Gasteiger partial charge is 0.475 e. The quantitative estimate of drug-likeness (QED) is 0.399. The summed E-state index contributed by atoms with van der Waals surface area (Å²) in [7, 11) is 0. The third kappa shape index (κ3) is 8.41. The number of aliphatic carboxylic acids is 1. The monoisotopic (exact) mass is 530 g/mol. The predicted molar refractivity (Wildman–Crippen MR) is 136 cm³/mol. The number of aryl methyl sites for hydroxylation is 2. The van der Waals surface area contributed by atoms with Crippen molar-refractivity contribution >= 4 is 11.9 Å². The van der Waals surface area contributed by atoms with Crippen molar-refractivity contribution in [2.45, 2.75) is 44.3 Å². The number of benzene rings is 3. The minimum absolute atomic E-state index is 0.109. The van der Waals surface area contributed by atoms with E-state index in [0.717, 1.165) is 61.0 Å². The summed E-state index contributed by atoms with van der Waals surface area (Å²) in [5, 5.41) is 7.12. The van der Waals surface area contributed by atoms with E-state index in [2.05, 4.69) is 30.3 Å². The fourth-order valence-corrected chi connectivity index (χ4v) is 4.37. The van der Waals surface area contributed by atoms with Crippen molar-refractivity contribution in [1.29, 1.82) is 0 Å². The largest absolute Gasteiger partial charge is 0.490 e. The molecule has 1 aliphatic rings. The first-order chi connectivity index (χ1) is 18.1. The first-order valence-corrected chi connectivity index (χ1v) is 12.3. The number of carboxylic acid groups (broad SMARTS) is 1. The number of halogens is 4. The highest BCUT2D eigenvalue weighted by Crippen LogP contribution is 2.29. The molecule has 9 heteroatoms. The molecule has 5 nitrogen and oxygen atoms in total. The first kappa shape index (κ1) is 28.8. The topological polar surface area (TPSA) is 83.6 Å². The lowest BCUT2D eigenvalue weighted by Gasteiger charge is -2.32. The van der Waals surface area contributed by atoms with Crippen molar-refractivity contribution in [3.63, 3.8) is 0 Å². The summed E-state index contributed by atoms with van der Waals surface area (Å²) in [6, 6.07) is 23.0. The average molecular weight is 531 g/mol. The van der Waals surface area contributed by atoms with Gasteiger partial charge in [-0.1, -0.05) is 48.5 Å². The van der Waals surface area contributed by atoms with Crippen LogP contribution in [-0.4, -0.2) is 41.1 Å². The molecule has 0 spiro atoms. The molecule has 38 heavy (non-hydrogen) atoms. The number of likely N-dealkylation sites (tertiary alicyclic amines) is 1. The highest BCUT2D eigenvalue weighted by Gasteiger charge is 2.38. The van der Waals surface area contributed by atoms with Gasteiger partial charge >= 0.3 is 12.1 Å². The van der Waals surface area contributed by atoms with E-state index in [9.17, 15) is 22.4 Å². The molecule has 4 rings (SSSR count). The average Bonchev–Trinajstić information content (AvgIpc) is 2.92. The lowest BCUT2D eigenvalue weighted by molar-refractivity contribution is -0.192. The lowest BCUT2D eigenvalue weighted by Crippen LogP contribution is -2.38. The van der Waals surface area contributed by atoms with Gasteiger partial charge in [-0.15, -0.1) is 0 Å². The van der Waals surface area contributed by atoms with Gasteiger partial charge in [-0.25, -0.2) is 9.18 Å². The Balaban J connectivity index is 0.000000505. The number of carboxylic acids is 1. The molecule has 0 radical (unpaired) electrons. The maximum Gasteiger partial charge on any atom is 0.490 e. The number of carbonyl (C=O) groups excluding carboxylic acids is 1. The van der Waals surface area contributed by atoms with Crippen LogP contribution >= 0.6 is 0 Å². The predicted octanol–water partition coefficient (Wildman–Crippen LogP) is 5.72. The molecule has 1 aliphatic heterocycles. The number of alkyl halides is 3. The Bertz CT molecular complexity index is 1220. The molecule has 3 aromatic carbocycles. The van der Waals surface area contributed by atoms with Crippen molar-refractivity contribution in [3.05, 3.63) is 106 Å². The molecule has 0 unspecified atom stereocenters. The van der Waals surface area contributed by atoms with Crippen LogP contribution in [0.25, 0.3) is 0 Å². The summed E-state index contributed by atoms with van der Waals surface area (Å²) in [5.41, 5.74) is 11.2. The molecule has 1 heterocycles. The number of rotatable bonds is 6. The highest BCUT2D eigenvalue weighted by molar-refractivity contribution is 5.94. The molecule has 1 fully saturated rings. The number of amides is 1. The first-order valence-electron chi connectivity index (χ1n) is 12.3. The Morgan fingerprint density at radius 2 is 1.45 bits per heavy atom. The van der Waals surface area contributed by atoms with E-state index in [0.29, 0.717) is 12.5 Å². The van der Waals surface area contributed by atoms with Crippen LogP contribution in [0.4, 0.5) is 17.6 Å². The van der Waals surface area contributed by atoms with Gasteiger partial charge in [0, 0.05) is 25.2 Å². The van der Waals surface area contributed by atoms with Crippen LogP contribution in [0.2, 0.25) is 0 Å². The summed E-state index contributed by atoms with van der Waals surface area (Å²) in [6.07, 6.45) is -1.48. The van der Waals surface area contributed by atoms with E-state index < -0.39 is 12.1 Å². The van der Waals surface area contributed by atoms with E-state index in [-0.39, 0.29) is 11.7 Å². The van der Waals surface area contributed by atoms with Crippen LogP contribution in [-0.2, 0) is 24.2 Å². The van der Waals surface area contributed by atoms with Crippen molar-refractivity contribution in [1.82, 2.24) is 4.90 Å². The lowest BCUT2D eigenvalue weighted by atomic mass is 9.88. The zero-order valence-corrected chi connectivity index (χ0v) is 20.8. The van der Waals surface area contributed by atoms with Gasteiger partial charge < -0.3 is 15.7 Å². The van der Waals surface area contributed by atoms with Gasteiger partial charge in [0.15, 0.2) is 0 Å². The number of piperidine rings is 1. The van der Waals surface area contributed by atoms with Gasteiger partial charge in [-0.3, -0.25) is 4.79 Å². The second-order valence-corrected chi connectivity index (χ2v) is 9.15. The minimum atomic E-state index is -5.08. The molecule has 3 N–H and O–H groups in total. The van der Waals surface area contributed by atoms with Crippen molar-refractivity contribution in [2.24, 2.45) is 5.73 Å². The number of nitrogens with two attached hydrogens (primary N) is 1. The number of carbonyl (C=O) groups is 2. The van der Waals surface area contributed by atoms with Crippen LogP contribution in [0.15, 0.2) is 72.8 Å². The Labute approximate surface area is 218 Å². The van der Waals surface area contributed by atoms with E-state index in [1.165, 1.54) is 17.7 Å². The van der Waals surface area contributed by atoms with E-state index >= 15 is 0 Å². The van der Waals surface area contributed by atoms with Gasteiger partial charge in [-0.2, -0.15) is 13.2 Å². The molecular formula is C29H30F4N2O3. The van der Waals surface area contributed by atoms with Crippen LogP contribution in [0.1, 0.15) is 51.4 Å². The fourth-order valence-electron chi connectivity index (χ4n) is 4.37. The zero-order valence-electron chi connectivity index (χ0n) is 20.8. The third-order valence-corrected chi connectivity index (χ3v) is 6.47. The van der Waals surface area contributed by atoms with Crippen molar-refractivity contribution in [3.8, 4) is 0 Å². The summed E-state index contributed by atoms with van der Waals surface area (Å²) in [5.74, 6) is -2.38. The van der Waals surface area contributed by atoms with Crippen LogP contribution in [0, 0.1) is 5.82 Å². The maximum absolute atomic E-state index is 13.1. The second kappa shape index (κ2) is 13.2. The Hall–Kier alpha value is -3.72. The van der Waals surface area contributed by atoms with Gasteiger partial charge in [0.2, 0.25) is 0 Å². The third-order valence-electron chi connectivity index (χ3n) is 6.47. The minimum Gasteiger partial charge on any atom is -0.475 e. The van der Waals surface area contributed by atoms with Gasteiger partial charge in [0.1, 0.15) is 5.82 Å². The van der Waals surface area contributed by atoms with Gasteiger partial charge in [-0.05, 0) is 78.1 Å². The van der Waals surface area contributed by atoms with Crippen LogP contribution in [0.3, 0.4) is 0 Å². The fraction of sp³-hybridized carbons (Fsp3) is 0.310. The standard InChI is InChI=1S/C27H29FN2O.C2HF3O2/c28-26-11-9-20(10-12-26)7-8-21-3-1-6-25(17-21)27(31)30-15-13-23(14-16-30)24-5-2-4-22(18-24)19-29;3-2(4,5)1(6)7/h1-6,9-12,17-18,23H,7-8,13-16,19,29H2;(H,6,7). The normalized spacial score (nSPS) is 14.0. The van der Waals surface area contributed by atoms with Crippen molar-refractivity contribution < 1.29 is 32.3 Å². The summed E-state index contributed by atoms with van der Waals surface area (Å²) in [6.45, 7) is 2.11. The zero-order chi connectivity index (χ0) is 27.7. The van der Waals surface area contributed by atoms with Crippen LogP contribution in [0.5, 0.6) is 0 Å². The number of hydrogen-bond acceptors (Lipinski definition) is 3. The maximum atomic E-state index is 13.1. The Morgan fingerprint density at radius 1 is 0.868 bits per heavy atom. The molecule has 0 atom stereocenters. The SMILES string of the molecule is NCc1cccc(C2CCN(C(=O)c3cccc(CCc4ccc(F)cc4)c3)CC2)c1.O=C(O)C(F)(F)F. The Morgan fingerprint density at radius 3 is 2.05 bits per heavy atom. The molecule has 0 saturated carbocycles. The number of nitrogens with zero attached hydrogens (tertiary/aromatic N) is 1. The van der Waals surface area contributed by atoms with Crippen LogP contribution < -0.4 is 5.73 Å². The molecule has 3 aromatic rings. The molecule has 1 amide bonds. The molecule has 1 saturated heterocycles. The molecule has 0 bridgehead atoms. The second-order valence-electron chi connectivity index (χ2n) is 9.15.